The average Bonchev–Trinajstić information content (AvgIpc) is 2.25. The number of nitrogens with two attached hydrogens (primary N) is 1. The van der Waals surface area contributed by atoms with Gasteiger partial charge < -0.3 is 10.6 Å². The van der Waals surface area contributed by atoms with Gasteiger partial charge in [-0.25, -0.2) is 8.78 Å². The van der Waals surface area contributed by atoms with E-state index >= 15 is 0 Å². The van der Waals surface area contributed by atoms with E-state index in [1.54, 1.807) is 0 Å². The van der Waals surface area contributed by atoms with E-state index in [1.165, 1.54) is 12.1 Å². The first-order valence-electron chi connectivity index (χ1n) is 6.06. The first-order valence-corrected chi connectivity index (χ1v) is 6.06. The molecule has 1 aromatic rings. The molecule has 1 unspecified atom stereocenters. The van der Waals surface area contributed by atoms with Crippen LogP contribution in [0.5, 0.6) is 0 Å². The molecule has 1 aliphatic heterocycles. The Morgan fingerprint density at radius 1 is 1.24 bits per heavy atom. The topological polar surface area (TPSA) is 29.3 Å². The summed E-state index contributed by atoms with van der Waals surface area (Å²) in [6.07, 6.45) is 2.85. The van der Waals surface area contributed by atoms with Gasteiger partial charge in [0.2, 0.25) is 0 Å². The summed E-state index contributed by atoms with van der Waals surface area (Å²) in [7, 11) is 0. The van der Waals surface area contributed by atoms with Crippen LogP contribution in [0.4, 0.5) is 8.78 Å². The number of piperidine rings is 1. The van der Waals surface area contributed by atoms with Crippen molar-refractivity contribution in [3.8, 4) is 0 Å². The van der Waals surface area contributed by atoms with Crippen molar-refractivity contribution in [1.82, 2.24) is 4.90 Å². The molecule has 1 aliphatic rings. The number of likely N-dealkylation sites (tertiary alicyclic amines) is 1. The monoisotopic (exact) mass is 240 g/mol. The highest BCUT2D eigenvalue weighted by Crippen LogP contribution is 2.12. The summed E-state index contributed by atoms with van der Waals surface area (Å²) in [4.78, 5) is 2.26. The van der Waals surface area contributed by atoms with Gasteiger partial charge in [0.05, 0.1) is 0 Å². The molecule has 1 fully saturated rings. The second-order valence-corrected chi connectivity index (χ2v) is 4.73. The number of nitrogens with zero attached hydrogens (tertiary/aromatic N) is 1. The number of benzene rings is 1. The molecule has 17 heavy (non-hydrogen) atoms. The van der Waals surface area contributed by atoms with Gasteiger partial charge in [0.1, 0.15) is 11.6 Å². The fourth-order valence-corrected chi connectivity index (χ4v) is 2.34. The number of hydrogen-bond acceptors (Lipinski definition) is 2. The van der Waals surface area contributed by atoms with E-state index in [-0.39, 0.29) is 6.04 Å². The lowest BCUT2D eigenvalue weighted by Gasteiger charge is -2.30. The molecule has 2 nitrogen and oxygen atoms in total. The van der Waals surface area contributed by atoms with Crippen LogP contribution in [0.3, 0.4) is 0 Å². The van der Waals surface area contributed by atoms with Crippen molar-refractivity contribution in [3.05, 3.63) is 35.4 Å². The van der Waals surface area contributed by atoms with Gasteiger partial charge in [-0.1, -0.05) is 0 Å². The van der Waals surface area contributed by atoms with E-state index in [4.69, 9.17) is 5.73 Å². The standard InChI is InChI=1S/C13H18F2N2/c14-11-6-10(7-12(15)8-11)3-5-17-4-1-2-13(16)9-17/h6-8,13H,1-5,9,16H2. The molecule has 0 aromatic heterocycles. The summed E-state index contributed by atoms with van der Waals surface area (Å²) in [5, 5.41) is 0. The molecule has 2 N–H and O–H groups in total. The minimum absolute atomic E-state index is 0.244. The summed E-state index contributed by atoms with van der Waals surface area (Å²) in [6, 6.07) is 3.94. The van der Waals surface area contributed by atoms with E-state index in [0.717, 1.165) is 38.5 Å². The minimum atomic E-state index is -0.504. The van der Waals surface area contributed by atoms with Gasteiger partial charge in [-0.15, -0.1) is 0 Å². The molecule has 1 heterocycles. The smallest absolute Gasteiger partial charge is 0.126 e. The molecule has 4 heteroatoms. The summed E-state index contributed by atoms with van der Waals surface area (Å²) < 4.78 is 26.0. The summed E-state index contributed by atoms with van der Waals surface area (Å²) >= 11 is 0. The molecule has 0 amide bonds. The van der Waals surface area contributed by atoms with Crippen LogP contribution in [0.15, 0.2) is 18.2 Å². The third-order valence-electron chi connectivity index (χ3n) is 3.18. The predicted molar refractivity (Wildman–Crippen MR) is 63.7 cm³/mol. The van der Waals surface area contributed by atoms with Crippen LogP contribution in [0.1, 0.15) is 18.4 Å². The van der Waals surface area contributed by atoms with E-state index in [2.05, 4.69) is 4.90 Å². The van der Waals surface area contributed by atoms with Crippen LogP contribution in [-0.4, -0.2) is 30.6 Å². The molecule has 0 saturated carbocycles. The van der Waals surface area contributed by atoms with E-state index in [9.17, 15) is 8.78 Å². The number of halogens is 2. The third-order valence-corrected chi connectivity index (χ3v) is 3.18. The van der Waals surface area contributed by atoms with Crippen molar-refractivity contribution in [3.63, 3.8) is 0 Å². The molecular weight excluding hydrogens is 222 g/mol. The quantitative estimate of drug-likeness (QED) is 0.874. The lowest BCUT2D eigenvalue weighted by atomic mass is 10.1. The Labute approximate surface area is 100 Å². The van der Waals surface area contributed by atoms with Crippen LogP contribution in [0, 0.1) is 11.6 Å². The van der Waals surface area contributed by atoms with Crippen LogP contribution in [0.25, 0.3) is 0 Å². The molecule has 1 saturated heterocycles. The fraction of sp³-hybridized carbons (Fsp3) is 0.538. The Morgan fingerprint density at radius 3 is 2.59 bits per heavy atom. The highest BCUT2D eigenvalue weighted by molar-refractivity contribution is 5.18. The minimum Gasteiger partial charge on any atom is -0.327 e. The van der Waals surface area contributed by atoms with Crippen molar-refractivity contribution in [2.24, 2.45) is 5.73 Å². The maximum atomic E-state index is 13.0. The Bertz CT molecular complexity index is 361. The summed E-state index contributed by atoms with van der Waals surface area (Å²) in [5.74, 6) is -1.01. The molecular formula is C13H18F2N2. The number of rotatable bonds is 3. The van der Waals surface area contributed by atoms with Crippen molar-refractivity contribution in [2.45, 2.75) is 25.3 Å². The Kier molecular flexibility index (Phi) is 4.07. The van der Waals surface area contributed by atoms with Gasteiger partial charge >= 0.3 is 0 Å². The molecule has 0 radical (unpaired) electrons. The van der Waals surface area contributed by atoms with Gasteiger partial charge in [0.15, 0.2) is 0 Å². The fourth-order valence-electron chi connectivity index (χ4n) is 2.34. The van der Waals surface area contributed by atoms with Gasteiger partial charge in [-0.05, 0) is 43.5 Å². The van der Waals surface area contributed by atoms with Crippen LogP contribution >= 0.6 is 0 Å². The average molecular weight is 240 g/mol. The van der Waals surface area contributed by atoms with Crippen LogP contribution in [0.2, 0.25) is 0 Å². The maximum absolute atomic E-state index is 13.0. The van der Waals surface area contributed by atoms with Gasteiger partial charge in [0.25, 0.3) is 0 Å². The van der Waals surface area contributed by atoms with Crippen LogP contribution < -0.4 is 5.73 Å². The molecule has 94 valence electrons. The van der Waals surface area contributed by atoms with Gasteiger partial charge in [-0.3, -0.25) is 0 Å². The zero-order valence-corrected chi connectivity index (χ0v) is 9.83. The van der Waals surface area contributed by atoms with Gasteiger partial charge in [-0.2, -0.15) is 0 Å². The highest BCUT2D eigenvalue weighted by atomic mass is 19.1. The first-order chi connectivity index (χ1) is 8.13. The van der Waals surface area contributed by atoms with E-state index in [1.807, 2.05) is 0 Å². The second-order valence-electron chi connectivity index (χ2n) is 4.73. The Morgan fingerprint density at radius 2 is 1.94 bits per heavy atom. The molecule has 0 aliphatic carbocycles. The summed E-state index contributed by atoms with van der Waals surface area (Å²) in [5.41, 5.74) is 6.59. The van der Waals surface area contributed by atoms with Crippen LogP contribution in [-0.2, 0) is 6.42 Å². The maximum Gasteiger partial charge on any atom is 0.126 e. The molecule has 1 aromatic carbocycles. The van der Waals surface area contributed by atoms with Gasteiger partial charge in [0, 0.05) is 25.2 Å². The lowest BCUT2D eigenvalue weighted by Crippen LogP contribution is -2.43. The van der Waals surface area contributed by atoms with Crippen molar-refractivity contribution in [2.75, 3.05) is 19.6 Å². The van der Waals surface area contributed by atoms with E-state index in [0.29, 0.717) is 12.0 Å². The Balaban J connectivity index is 1.88. The Hall–Kier alpha value is -1.00. The molecule has 2 rings (SSSR count). The third kappa shape index (κ3) is 3.75. The van der Waals surface area contributed by atoms with Crippen molar-refractivity contribution in [1.29, 1.82) is 0 Å². The largest absolute Gasteiger partial charge is 0.327 e. The molecule has 1 atom stereocenters. The van der Waals surface area contributed by atoms with Crippen molar-refractivity contribution >= 4 is 0 Å². The van der Waals surface area contributed by atoms with Crippen molar-refractivity contribution < 1.29 is 8.78 Å². The predicted octanol–water partition coefficient (Wildman–Crippen LogP) is 1.93. The normalized spacial score (nSPS) is 21.7. The molecule has 0 bridgehead atoms. The lowest BCUT2D eigenvalue weighted by molar-refractivity contribution is 0.211. The number of hydrogen-bond donors (Lipinski definition) is 1. The highest BCUT2D eigenvalue weighted by Gasteiger charge is 2.16. The zero-order valence-electron chi connectivity index (χ0n) is 9.83. The zero-order chi connectivity index (χ0) is 12.3. The first kappa shape index (κ1) is 12.5. The SMILES string of the molecule is NC1CCCN(CCc2cc(F)cc(F)c2)C1. The van der Waals surface area contributed by atoms with E-state index < -0.39 is 11.6 Å². The molecule has 0 spiro atoms. The summed E-state index contributed by atoms with van der Waals surface area (Å²) in [6.45, 7) is 2.74. The second kappa shape index (κ2) is 5.56.